The first-order valence-electron chi connectivity index (χ1n) is 8.74. The summed E-state index contributed by atoms with van der Waals surface area (Å²) >= 11 is 6.13. The predicted molar refractivity (Wildman–Crippen MR) is 102 cm³/mol. The van der Waals surface area contributed by atoms with E-state index in [2.05, 4.69) is 10.6 Å². The summed E-state index contributed by atoms with van der Waals surface area (Å²) in [6.07, 6.45) is 0.222. The number of nitrogens with zero attached hydrogens (tertiary/aromatic N) is 1. The van der Waals surface area contributed by atoms with Crippen LogP contribution in [0.5, 0.6) is 0 Å². The Labute approximate surface area is 158 Å². The van der Waals surface area contributed by atoms with E-state index in [4.69, 9.17) is 11.6 Å². The molecule has 1 aliphatic heterocycles. The van der Waals surface area contributed by atoms with Gasteiger partial charge < -0.3 is 15.5 Å². The van der Waals surface area contributed by atoms with Gasteiger partial charge in [-0.3, -0.25) is 9.59 Å². The largest absolute Gasteiger partial charge is 0.345 e. The van der Waals surface area contributed by atoms with Crippen molar-refractivity contribution < 1.29 is 9.59 Å². The molecule has 0 aliphatic carbocycles. The van der Waals surface area contributed by atoms with Crippen molar-refractivity contribution in [3.63, 3.8) is 0 Å². The maximum Gasteiger partial charge on any atom is 0.253 e. The first-order chi connectivity index (χ1) is 12.6. The molecule has 2 N–H and O–H groups in total. The van der Waals surface area contributed by atoms with E-state index in [0.29, 0.717) is 23.7 Å². The van der Waals surface area contributed by atoms with Crippen molar-refractivity contribution >= 4 is 23.4 Å². The quantitative estimate of drug-likeness (QED) is 0.849. The van der Waals surface area contributed by atoms with Gasteiger partial charge in [0.15, 0.2) is 0 Å². The van der Waals surface area contributed by atoms with Gasteiger partial charge in [0.2, 0.25) is 5.91 Å². The van der Waals surface area contributed by atoms with Gasteiger partial charge in [0.25, 0.3) is 5.91 Å². The third-order valence-electron chi connectivity index (χ3n) is 4.47. The van der Waals surface area contributed by atoms with Crippen LogP contribution in [-0.4, -0.2) is 42.9 Å². The molecule has 0 bridgehead atoms. The number of hydrogen-bond acceptors (Lipinski definition) is 3. The molecule has 0 aromatic heterocycles. The fraction of sp³-hybridized carbons (Fsp3) is 0.300. The number of carbonyl (C=O) groups excluding carboxylic acids is 2. The van der Waals surface area contributed by atoms with Crippen LogP contribution in [0.3, 0.4) is 0 Å². The lowest BCUT2D eigenvalue weighted by Crippen LogP contribution is -2.47. The van der Waals surface area contributed by atoms with E-state index >= 15 is 0 Å². The molecule has 1 heterocycles. The minimum atomic E-state index is -0.401. The number of hydrogen-bond donors (Lipinski definition) is 2. The van der Waals surface area contributed by atoms with Crippen LogP contribution in [-0.2, 0) is 4.79 Å². The van der Waals surface area contributed by atoms with Crippen LogP contribution in [0.15, 0.2) is 54.6 Å². The molecular formula is C20H22ClN3O2. The van der Waals surface area contributed by atoms with Crippen LogP contribution in [0.25, 0.3) is 0 Å². The summed E-state index contributed by atoms with van der Waals surface area (Å²) in [5.74, 6) is -0.239. The van der Waals surface area contributed by atoms with Crippen LogP contribution in [0, 0.1) is 0 Å². The number of amides is 2. The Morgan fingerprint density at radius 3 is 2.38 bits per heavy atom. The molecular weight excluding hydrogens is 350 g/mol. The van der Waals surface area contributed by atoms with Gasteiger partial charge >= 0.3 is 0 Å². The van der Waals surface area contributed by atoms with Crippen LogP contribution >= 0.6 is 11.6 Å². The van der Waals surface area contributed by atoms with Gasteiger partial charge in [0.05, 0.1) is 23.0 Å². The lowest BCUT2D eigenvalue weighted by atomic mass is 10.0. The molecule has 1 fully saturated rings. The van der Waals surface area contributed by atoms with E-state index < -0.39 is 6.04 Å². The molecule has 2 aromatic carbocycles. The van der Waals surface area contributed by atoms with Crippen molar-refractivity contribution in [3.05, 3.63) is 70.7 Å². The highest BCUT2D eigenvalue weighted by molar-refractivity contribution is 6.33. The van der Waals surface area contributed by atoms with Crippen LogP contribution in [0.1, 0.15) is 28.4 Å². The Bertz CT molecular complexity index is 761. The molecule has 0 spiro atoms. The maximum absolute atomic E-state index is 12.7. The molecule has 2 aromatic rings. The molecule has 0 saturated carbocycles. The van der Waals surface area contributed by atoms with E-state index in [9.17, 15) is 9.59 Å². The molecule has 1 saturated heterocycles. The molecule has 1 atom stereocenters. The lowest BCUT2D eigenvalue weighted by molar-refractivity contribution is -0.132. The second kappa shape index (κ2) is 8.83. The monoisotopic (exact) mass is 371 g/mol. The third-order valence-corrected chi connectivity index (χ3v) is 4.80. The Hall–Kier alpha value is -2.37. The van der Waals surface area contributed by atoms with Crippen LogP contribution < -0.4 is 10.6 Å². The van der Waals surface area contributed by atoms with Crippen molar-refractivity contribution in [1.82, 2.24) is 15.5 Å². The zero-order chi connectivity index (χ0) is 18.4. The Morgan fingerprint density at radius 1 is 1.04 bits per heavy atom. The van der Waals surface area contributed by atoms with Gasteiger partial charge in [-0.25, -0.2) is 0 Å². The van der Waals surface area contributed by atoms with Crippen LogP contribution in [0.2, 0.25) is 5.02 Å². The number of piperazine rings is 1. The Kier molecular flexibility index (Phi) is 6.26. The first kappa shape index (κ1) is 18.4. The van der Waals surface area contributed by atoms with Gasteiger partial charge in [0, 0.05) is 26.2 Å². The molecule has 3 rings (SSSR count). The number of carbonyl (C=O) groups is 2. The fourth-order valence-corrected chi connectivity index (χ4v) is 3.26. The summed E-state index contributed by atoms with van der Waals surface area (Å²) in [5, 5.41) is 6.60. The normalized spacial score (nSPS) is 15.3. The molecule has 26 heavy (non-hydrogen) atoms. The van der Waals surface area contributed by atoms with E-state index in [1.165, 1.54) is 0 Å². The van der Waals surface area contributed by atoms with Crippen molar-refractivity contribution in [2.75, 3.05) is 26.2 Å². The Balaban J connectivity index is 1.76. The number of nitrogens with one attached hydrogen (secondary N) is 2. The third kappa shape index (κ3) is 4.62. The second-order valence-electron chi connectivity index (χ2n) is 6.25. The summed E-state index contributed by atoms with van der Waals surface area (Å²) in [5.41, 5.74) is 1.31. The summed E-state index contributed by atoms with van der Waals surface area (Å²) in [4.78, 5) is 27.2. The summed E-state index contributed by atoms with van der Waals surface area (Å²) in [7, 11) is 0. The van der Waals surface area contributed by atoms with E-state index in [1.54, 1.807) is 24.3 Å². The molecule has 6 heteroatoms. The van der Waals surface area contributed by atoms with Crippen molar-refractivity contribution in [2.45, 2.75) is 12.5 Å². The average molecular weight is 372 g/mol. The summed E-state index contributed by atoms with van der Waals surface area (Å²) < 4.78 is 0. The molecule has 0 radical (unpaired) electrons. The molecule has 136 valence electrons. The zero-order valence-corrected chi connectivity index (χ0v) is 15.2. The molecule has 1 unspecified atom stereocenters. The van der Waals surface area contributed by atoms with Gasteiger partial charge in [-0.2, -0.15) is 0 Å². The van der Waals surface area contributed by atoms with Gasteiger partial charge in [0.1, 0.15) is 0 Å². The fourth-order valence-electron chi connectivity index (χ4n) is 3.04. The minimum Gasteiger partial charge on any atom is -0.345 e. The Morgan fingerprint density at radius 2 is 1.69 bits per heavy atom. The standard InChI is InChI=1S/C20H22ClN3O2/c21-17-9-5-4-8-16(17)20(26)23-18(15-6-2-1-3-7-15)14-19(25)24-12-10-22-11-13-24/h1-9,18,22H,10-14H2,(H,23,26). The number of halogens is 1. The van der Waals surface area contributed by atoms with E-state index in [-0.39, 0.29) is 18.2 Å². The highest BCUT2D eigenvalue weighted by Crippen LogP contribution is 2.21. The first-order valence-corrected chi connectivity index (χ1v) is 9.12. The van der Waals surface area contributed by atoms with E-state index in [0.717, 1.165) is 18.7 Å². The van der Waals surface area contributed by atoms with Crippen molar-refractivity contribution in [3.8, 4) is 0 Å². The average Bonchev–Trinajstić information content (AvgIpc) is 2.69. The number of benzene rings is 2. The predicted octanol–water partition coefficient (Wildman–Crippen LogP) is 2.63. The van der Waals surface area contributed by atoms with Crippen molar-refractivity contribution in [1.29, 1.82) is 0 Å². The SMILES string of the molecule is O=C(NC(CC(=O)N1CCNCC1)c1ccccc1)c1ccccc1Cl. The smallest absolute Gasteiger partial charge is 0.253 e. The number of rotatable bonds is 5. The minimum absolute atomic E-state index is 0.0415. The van der Waals surface area contributed by atoms with Gasteiger partial charge in [-0.15, -0.1) is 0 Å². The lowest BCUT2D eigenvalue weighted by Gasteiger charge is -2.29. The van der Waals surface area contributed by atoms with E-state index in [1.807, 2.05) is 35.2 Å². The second-order valence-corrected chi connectivity index (χ2v) is 6.66. The van der Waals surface area contributed by atoms with Gasteiger partial charge in [-0.05, 0) is 17.7 Å². The molecule has 2 amide bonds. The van der Waals surface area contributed by atoms with Gasteiger partial charge in [-0.1, -0.05) is 54.1 Å². The topological polar surface area (TPSA) is 61.4 Å². The highest BCUT2D eigenvalue weighted by Gasteiger charge is 2.24. The van der Waals surface area contributed by atoms with Crippen molar-refractivity contribution in [2.24, 2.45) is 0 Å². The highest BCUT2D eigenvalue weighted by atomic mass is 35.5. The zero-order valence-electron chi connectivity index (χ0n) is 14.5. The molecule has 1 aliphatic rings. The summed E-state index contributed by atoms with van der Waals surface area (Å²) in [6, 6.07) is 16.1. The van der Waals surface area contributed by atoms with Crippen LogP contribution in [0.4, 0.5) is 0 Å². The maximum atomic E-state index is 12.7. The molecule has 5 nitrogen and oxygen atoms in total. The summed E-state index contributed by atoms with van der Waals surface area (Å²) in [6.45, 7) is 2.99.